The quantitative estimate of drug-likeness (QED) is 0.624. The Morgan fingerprint density at radius 3 is 2.52 bits per heavy atom. The van der Waals surface area contributed by atoms with Crippen molar-refractivity contribution in [3.63, 3.8) is 0 Å². The van der Waals surface area contributed by atoms with Gasteiger partial charge in [0.05, 0.1) is 5.69 Å². The van der Waals surface area contributed by atoms with Crippen molar-refractivity contribution in [1.82, 2.24) is 9.97 Å². The lowest BCUT2D eigenvalue weighted by molar-refractivity contribution is -0.107. The Hall–Kier alpha value is -2.30. The maximum Gasteiger partial charge on any atom is 0.212 e. The van der Waals surface area contributed by atoms with Crippen molar-refractivity contribution >= 4 is 12.0 Å². The SMILES string of the molecule is Cc1ncc(-c2ccc(F)nc2)c(N2CCC(C)(C)CC2)c1CC=O. The average Bonchev–Trinajstić information content (AvgIpc) is 2.58. The summed E-state index contributed by atoms with van der Waals surface area (Å²) in [6.45, 7) is 8.38. The van der Waals surface area contributed by atoms with Crippen molar-refractivity contribution in [3.8, 4) is 11.1 Å². The van der Waals surface area contributed by atoms with Crippen LogP contribution in [0.25, 0.3) is 11.1 Å². The highest BCUT2D eigenvalue weighted by Gasteiger charge is 2.28. The van der Waals surface area contributed by atoms with Gasteiger partial charge in [-0.2, -0.15) is 4.39 Å². The third-order valence-corrected chi connectivity index (χ3v) is 5.12. The lowest BCUT2D eigenvalue weighted by Crippen LogP contribution is -2.38. The smallest absolute Gasteiger partial charge is 0.212 e. The number of carbonyl (C=O) groups is 1. The normalized spacial score (nSPS) is 16.7. The second kappa shape index (κ2) is 6.90. The number of halogens is 1. The van der Waals surface area contributed by atoms with Crippen LogP contribution in [0.1, 0.15) is 37.9 Å². The largest absolute Gasteiger partial charge is 0.371 e. The molecule has 4 nitrogen and oxygen atoms in total. The standard InChI is InChI=1S/C20H24FN3O/c1-14-16(6-11-25)19(24-9-7-20(2,3)8-10-24)17(13-22-14)15-4-5-18(21)23-12-15/h4-5,11-13H,6-10H2,1-3H3. The number of piperidine rings is 1. The number of nitrogens with zero attached hydrogens (tertiary/aromatic N) is 3. The Labute approximate surface area is 148 Å². The monoisotopic (exact) mass is 341 g/mol. The van der Waals surface area contributed by atoms with Crippen molar-refractivity contribution < 1.29 is 9.18 Å². The van der Waals surface area contributed by atoms with Crippen LogP contribution >= 0.6 is 0 Å². The molecule has 1 aliphatic heterocycles. The molecule has 0 atom stereocenters. The number of anilines is 1. The van der Waals surface area contributed by atoms with Crippen LogP contribution in [0, 0.1) is 18.3 Å². The van der Waals surface area contributed by atoms with Gasteiger partial charge in [-0.25, -0.2) is 4.98 Å². The summed E-state index contributed by atoms with van der Waals surface area (Å²) in [4.78, 5) is 21.8. The van der Waals surface area contributed by atoms with E-state index >= 15 is 0 Å². The van der Waals surface area contributed by atoms with Crippen LogP contribution in [-0.2, 0) is 11.2 Å². The Morgan fingerprint density at radius 1 is 1.20 bits per heavy atom. The van der Waals surface area contributed by atoms with Crippen LogP contribution in [0.3, 0.4) is 0 Å². The van der Waals surface area contributed by atoms with Gasteiger partial charge in [0, 0.05) is 54.3 Å². The number of aryl methyl sites for hydroxylation is 1. The summed E-state index contributed by atoms with van der Waals surface area (Å²) in [5, 5.41) is 0. The molecule has 0 aromatic carbocycles. The fourth-order valence-corrected chi connectivity index (χ4v) is 3.41. The zero-order valence-corrected chi connectivity index (χ0v) is 15.1. The Bertz CT molecular complexity index is 761. The van der Waals surface area contributed by atoms with Crippen molar-refractivity contribution in [2.75, 3.05) is 18.0 Å². The highest BCUT2D eigenvalue weighted by molar-refractivity contribution is 5.82. The van der Waals surface area contributed by atoms with Crippen LogP contribution in [0.4, 0.5) is 10.1 Å². The van der Waals surface area contributed by atoms with E-state index in [0.717, 1.165) is 60.3 Å². The third kappa shape index (κ3) is 3.70. The van der Waals surface area contributed by atoms with Crippen LogP contribution in [0.5, 0.6) is 0 Å². The summed E-state index contributed by atoms with van der Waals surface area (Å²) in [5.41, 5.74) is 4.93. The predicted molar refractivity (Wildman–Crippen MR) is 97.2 cm³/mol. The summed E-state index contributed by atoms with van der Waals surface area (Å²) in [5.74, 6) is -0.502. The van der Waals surface area contributed by atoms with E-state index in [1.165, 1.54) is 12.3 Å². The minimum atomic E-state index is -0.502. The molecule has 3 rings (SSSR count). The summed E-state index contributed by atoms with van der Waals surface area (Å²) < 4.78 is 13.2. The number of carbonyl (C=O) groups excluding carboxylic acids is 1. The van der Waals surface area contributed by atoms with Crippen molar-refractivity contribution in [3.05, 3.63) is 41.7 Å². The average molecular weight is 341 g/mol. The van der Waals surface area contributed by atoms with Gasteiger partial charge in [-0.1, -0.05) is 13.8 Å². The molecule has 0 aliphatic carbocycles. The van der Waals surface area contributed by atoms with Gasteiger partial charge >= 0.3 is 0 Å². The molecule has 2 aromatic heterocycles. The fraction of sp³-hybridized carbons (Fsp3) is 0.450. The molecule has 0 bridgehead atoms. The molecule has 5 heteroatoms. The maximum absolute atomic E-state index is 13.2. The Balaban J connectivity index is 2.10. The van der Waals surface area contributed by atoms with E-state index in [4.69, 9.17) is 0 Å². The minimum absolute atomic E-state index is 0.330. The van der Waals surface area contributed by atoms with Gasteiger partial charge in [-0.05, 0) is 37.3 Å². The maximum atomic E-state index is 13.2. The number of hydrogen-bond acceptors (Lipinski definition) is 4. The Kier molecular flexibility index (Phi) is 4.84. The van der Waals surface area contributed by atoms with Gasteiger partial charge in [0.2, 0.25) is 5.95 Å². The van der Waals surface area contributed by atoms with E-state index in [1.54, 1.807) is 6.07 Å². The van der Waals surface area contributed by atoms with E-state index in [9.17, 15) is 9.18 Å². The number of hydrogen-bond donors (Lipinski definition) is 0. The highest BCUT2D eigenvalue weighted by atomic mass is 19.1. The molecule has 0 unspecified atom stereocenters. The lowest BCUT2D eigenvalue weighted by Gasteiger charge is -2.40. The number of aldehydes is 1. The number of aromatic nitrogens is 2. The van der Waals surface area contributed by atoms with Crippen LogP contribution < -0.4 is 4.90 Å². The molecule has 0 saturated carbocycles. The Morgan fingerprint density at radius 2 is 1.92 bits per heavy atom. The number of pyridine rings is 2. The van der Waals surface area contributed by atoms with Gasteiger partial charge < -0.3 is 9.69 Å². The van der Waals surface area contributed by atoms with Crippen molar-refractivity contribution in [1.29, 1.82) is 0 Å². The molecule has 1 aliphatic rings. The highest BCUT2D eigenvalue weighted by Crippen LogP contribution is 2.39. The van der Waals surface area contributed by atoms with E-state index < -0.39 is 5.95 Å². The van der Waals surface area contributed by atoms with Gasteiger partial charge in [-0.3, -0.25) is 4.98 Å². The van der Waals surface area contributed by atoms with Gasteiger partial charge in [0.1, 0.15) is 6.29 Å². The molecule has 25 heavy (non-hydrogen) atoms. The summed E-state index contributed by atoms with van der Waals surface area (Å²) in [6, 6.07) is 3.08. The van der Waals surface area contributed by atoms with Crippen molar-refractivity contribution in [2.45, 2.75) is 40.0 Å². The van der Waals surface area contributed by atoms with E-state index in [-0.39, 0.29) is 0 Å². The number of rotatable bonds is 4. The third-order valence-electron chi connectivity index (χ3n) is 5.12. The first-order valence-electron chi connectivity index (χ1n) is 8.70. The molecule has 1 saturated heterocycles. The zero-order chi connectivity index (χ0) is 18.0. The lowest BCUT2D eigenvalue weighted by atomic mass is 9.82. The summed E-state index contributed by atoms with van der Waals surface area (Å²) in [6.07, 6.45) is 6.79. The molecule has 3 heterocycles. The van der Waals surface area contributed by atoms with E-state index in [0.29, 0.717) is 11.8 Å². The van der Waals surface area contributed by atoms with E-state index in [1.807, 2.05) is 13.1 Å². The van der Waals surface area contributed by atoms with Gasteiger partial charge in [0.25, 0.3) is 0 Å². The van der Waals surface area contributed by atoms with Crippen molar-refractivity contribution in [2.24, 2.45) is 5.41 Å². The second-order valence-electron chi connectivity index (χ2n) is 7.48. The fourth-order valence-electron chi connectivity index (χ4n) is 3.41. The second-order valence-corrected chi connectivity index (χ2v) is 7.48. The first-order valence-corrected chi connectivity index (χ1v) is 8.70. The van der Waals surface area contributed by atoms with Crippen LogP contribution in [0.15, 0.2) is 24.5 Å². The summed E-state index contributed by atoms with van der Waals surface area (Å²) >= 11 is 0. The zero-order valence-electron chi connectivity index (χ0n) is 15.1. The predicted octanol–water partition coefficient (Wildman–Crippen LogP) is 3.96. The molecule has 0 radical (unpaired) electrons. The molecular weight excluding hydrogens is 317 g/mol. The van der Waals surface area contributed by atoms with Crippen LogP contribution in [0.2, 0.25) is 0 Å². The topological polar surface area (TPSA) is 46.1 Å². The molecular formula is C20H24FN3O. The summed E-state index contributed by atoms with van der Waals surface area (Å²) in [7, 11) is 0. The molecule has 132 valence electrons. The molecule has 0 N–H and O–H groups in total. The van der Waals surface area contributed by atoms with E-state index in [2.05, 4.69) is 28.7 Å². The van der Waals surface area contributed by atoms with Gasteiger partial charge in [0.15, 0.2) is 0 Å². The molecule has 0 spiro atoms. The first-order chi connectivity index (χ1) is 11.9. The minimum Gasteiger partial charge on any atom is -0.371 e. The van der Waals surface area contributed by atoms with Gasteiger partial charge in [-0.15, -0.1) is 0 Å². The molecule has 0 amide bonds. The van der Waals surface area contributed by atoms with Crippen LogP contribution in [-0.4, -0.2) is 29.3 Å². The molecule has 1 fully saturated rings. The molecule has 2 aromatic rings. The first kappa shape index (κ1) is 17.5.